The molecule has 0 aliphatic carbocycles. The predicted molar refractivity (Wildman–Crippen MR) is 60.2 cm³/mol. The van der Waals surface area contributed by atoms with Crippen molar-refractivity contribution >= 4 is 11.6 Å². The highest BCUT2D eigenvalue weighted by Crippen LogP contribution is 2.20. The van der Waals surface area contributed by atoms with Gasteiger partial charge in [-0.2, -0.15) is 4.91 Å². The number of rotatable bonds is 3. The molecular formula is C11H8ClFN2O. The summed E-state index contributed by atoms with van der Waals surface area (Å²) in [6, 6.07) is 7.84. The van der Waals surface area contributed by atoms with Crippen LogP contribution in [-0.2, 0) is 6.54 Å². The molecule has 0 bridgehead atoms. The van der Waals surface area contributed by atoms with Gasteiger partial charge in [-0.3, -0.25) is 0 Å². The first-order valence-electron chi connectivity index (χ1n) is 4.63. The van der Waals surface area contributed by atoms with Gasteiger partial charge in [0.1, 0.15) is 12.4 Å². The maximum atomic E-state index is 13.6. The average molecular weight is 239 g/mol. The van der Waals surface area contributed by atoms with Gasteiger partial charge in [0.25, 0.3) is 0 Å². The number of nitrogens with zero attached hydrogens (tertiary/aromatic N) is 2. The van der Waals surface area contributed by atoms with Crippen LogP contribution in [0.25, 0.3) is 5.69 Å². The second-order valence-corrected chi connectivity index (χ2v) is 3.69. The van der Waals surface area contributed by atoms with Crippen molar-refractivity contribution in [3.63, 3.8) is 0 Å². The van der Waals surface area contributed by atoms with E-state index < -0.39 is 5.82 Å². The molecule has 16 heavy (non-hydrogen) atoms. The summed E-state index contributed by atoms with van der Waals surface area (Å²) in [6.45, 7) is 0.00899. The first-order valence-corrected chi connectivity index (χ1v) is 5.01. The third kappa shape index (κ3) is 1.97. The third-order valence-corrected chi connectivity index (χ3v) is 2.46. The number of halogens is 2. The van der Waals surface area contributed by atoms with Gasteiger partial charge in [-0.1, -0.05) is 16.8 Å². The standard InChI is InChI=1S/C11H8ClFN2O/c12-8-3-4-11(10(13)6-8)15-5-1-2-9(15)7-14-16/h1-6H,7H2. The van der Waals surface area contributed by atoms with E-state index in [4.69, 9.17) is 11.6 Å². The molecule has 5 heteroatoms. The fourth-order valence-electron chi connectivity index (χ4n) is 1.52. The molecule has 2 rings (SSSR count). The van der Waals surface area contributed by atoms with Gasteiger partial charge in [-0.15, -0.1) is 0 Å². The number of hydrogen-bond acceptors (Lipinski definition) is 2. The van der Waals surface area contributed by atoms with Gasteiger partial charge in [0, 0.05) is 16.9 Å². The largest absolute Gasteiger partial charge is 0.316 e. The second kappa shape index (κ2) is 4.45. The van der Waals surface area contributed by atoms with Crippen molar-refractivity contribution in [3.05, 3.63) is 58.0 Å². The van der Waals surface area contributed by atoms with Crippen LogP contribution in [0.15, 0.2) is 41.7 Å². The number of nitroso groups, excluding NO2 is 1. The SMILES string of the molecule is O=NCc1cccn1-c1ccc(Cl)cc1F. The van der Waals surface area contributed by atoms with Gasteiger partial charge in [0.05, 0.1) is 5.69 Å². The maximum Gasteiger partial charge on any atom is 0.148 e. The van der Waals surface area contributed by atoms with Crippen LogP contribution < -0.4 is 0 Å². The van der Waals surface area contributed by atoms with Gasteiger partial charge in [-0.25, -0.2) is 4.39 Å². The molecule has 0 saturated carbocycles. The number of hydrogen-bond donors (Lipinski definition) is 0. The molecule has 0 spiro atoms. The van der Waals surface area contributed by atoms with Crippen molar-refractivity contribution < 1.29 is 4.39 Å². The molecule has 0 amide bonds. The summed E-state index contributed by atoms with van der Waals surface area (Å²) in [5.74, 6) is -0.434. The first kappa shape index (κ1) is 10.8. The molecule has 0 fully saturated rings. The Morgan fingerprint density at radius 2 is 2.19 bits per heavy atom. The van der Waals surface area contributed by atoms with Crippen molar-refractivity contribution in [1.82, 2.24) is 4.57 Å². The summed E-state index contributed by atoms with van der Waals surface area (Å²) in [5, 5.41) is 3.13. The molecule has 1 aromatic carbocycles. The summed E-state index contributed by atoms with van der Waals surface area (Å²) in [7, 11) is 0. The minimum Gasteiger partial charge on any atom is -0.316 e. The summed E-state index contributed by atoms with van der Waals surface area (Å²) in [5.41, 5.74) is 0.990. The topological polar surface area (TPSA) is 34.4 Å². The summed E-state index contributed by atoms with van der Waals surface area (Å²) in [4.78, 5) is 10.2. The summed E-state index contributed by atoms with van der Waals surface area (Å²) < 4.78 is 15.2. The van der Waals surface area contributed by atoms with Crippen LogP contribution >= 0.6 is 11.6 Å². The van der Waals surface area contributed by atoms with Crippen LogP contribution in [0.2, 0.25) is 5.02 Å². The zero-order valence-electron chi connectivity index (χ0n) is 8.23. The number of aromatic nitrogens is 1. The van der Waals surface area contributed by atoms with Crippen LogP contribution in [0.3, 0.4) is 0 Å². The van der Waals surface area contributed by atoms with Crippen LogP contribution in [0.4, 0.5) is 4.39 Å². The molecule has 0 atom stereocenters. The van der Waals surface area contributed by atoms with Gasteiger partial charge in [0.15, 0.2) is 0 Å². The van der Waals surface area contributed by atoms with Crippen molar-refractivity contribution in [2.24, 2.45) is 5.18 Å². The Morgan fingerprint density at radius 1 is 1.38 bits per heavy atom. The molecule has 0 N–H and O–H groups in total. The van der Waals surface area contributed by atoms with Crippen LogP contribution in [0.5, 0.6) is 0 Å². The Kier molecular flexibility index (Phi) is 3.01. The highest BCUT2D eigenvalue weighted by atomic mass is 35.5. The van der Waals surface area contributed by atoms with Crippen molar-refractivity contribution in [2.75, 3.05) is 0 Å². The van der Waals surface area contributed by atoms with Crippen molar-refractivity contribution in [1.29, 1.82) is 0 Å². The zero-order valence-corrected chi connectivity index (χ0v) is 8.99. The normalized spacial score (nSPS) is 10.4. The molecule has 0 aliphatic heterocycles. The van der Waals surface area contributed by atoms with Crippen LogP contribution in [0.1, 0.15) is 5.69 Å². The molecule has 1 aromatic heterocycles. The smallest absolute Gasteiger partial charge is 0.148 e. The fraction of sp³-hybridized carbons (Fsp3) is 0.0909. The molecular weight excluding hydrogens is 231 g/mol. The minimum atomic E-state index is -0.434. The van der Waals surface area contributed by atoms with E-state index in [2.05, 4.69) is 5.18 Å². The Labute approximate surface area is 96.4 Å². The van der Waals surface area contributed by atoms with E-state index in [0.717, 1.165) is 0 Å². The highest BCUT2D eigenvalue weighted by Gasteiger charge is 2.08. The molecule has 0 radical (unpaired) electrons. The molecule has 0 saturated heterocycles. The first-order chi connectivity index (χ1) is 7.72. The Bertz CT molecular complexity index is 524. The predicted octanol–water partition coefficient (Wildman–Crippen LogP) is 3.54. The molecule has 3 nitrogen and oxygen atoms in total. The monoisotopic (exact) mass is 238 g/mol. The lowest BCUT2D eigenvalue weighted by molar-refractivity contribution is 0.616. The Balaban J connectivity index is 2.49. The molecule has 2 aromatic rings. The van der Waals surface area contributed by atoms with Crippen LogP contribution in [0, 0.1) is 10.7 Å². The Hall–Kier alpha value is -1.68. The van der Waals surface area contributed by atoms with E-state index in [0.29, 0.717) is 16.4 Å². The lowest BCUT2D eigenvalue weighted by Gasteiger charge is -2.08. The van der Waals surface area contributed by atoms with E-state index >= 15 is 0 Å². The van der Waals surface area contributed by atoms with E-state index in [1.54, 1.807) is 35.0 Å². The fourth-order valence-corrected chi connectivity index (χ4v) is 1.68. The van der Waals surface area contributed by atoms with Crippen molar-refractivity contribution in [2.45, 2.75) is 6.54 Å². The quantitative estimate of drug-likeness (QED) is 0.753. The summed E-state index contributed by atoms with van der Waals surface area (Å²) in [6.07, 6.45) is 1.67. The molecule has 1 heterocycles. The average Bonchev–Trinajstić information content (AvgIpc) is 2.67. The molecule has 0 aliphatic rings. The lowest BCUT2D eigenvalue weighted by atomic mass is 10.3. The van der Waals surface area contributed by atoms with Gasteiger partial charge in [-0.05, 0) is 30.3 Å². The second-order valence-electron chi connectivity index (χ2n) is 3.25. The van der Waals surface area contributed by atoms with Gasteiger partial charge >= 0.3 is 0 Å². The van der Waals surface area contributed by atoms with E-state index in [9.17, 15) is 9.30 Å². The lowest BCUT2D eigenvalue weighted by Crippen LogP contribution is -2.00. The van der Waals surface area contributed by atoms with Gasteiger partial charge < -0.3 is 4.57 Å². The highest BCUT2D eigenvalue weighted by molar-refractivity contribution is 6.30. The number of benzene rings is 1. The van der Waals surface area contributed by atoms with E-state index in [1.807, 2.05) is 0 Å². The molecule has 0 unspecified atom stereocenters. The van der Waals surface area contributed by atoms with E-state index in [-0.39, 0.29) is 6.54 Å². The molecule has 82 valence electrons. The minimum absolute atomic E-state index is 0.00899. The van der Waals surface area contributed by atoms with Gasteiger partial charge in [0.2, 0.25) is 0 Å². The summed E-state index contributed by atoms with van der Waals surface area (Å²) >= 11 is 5.66. The maximum absolute atomic E-state index is 13.6. The van der Waals surface area contributed by atoms with Crippen molar-refractivity contribution in [3.8, 4) is 5.69 Å². The van der Waals surface area contributed by atoms with Crippen LogP contribution in [-0.4, -0.2) is 4.57 Å². The third-order valence-electron chi connectivity index (χ3n) is 2.23. The Morgan fingerprint density at radius 3 is 2.88 bits per heavy atom. The van der Waals surface area contributed by atoms with E-state index in [1.165, 1.54) is 6.07 Å². The zero-order chi connectivity index (χ0) is 11.5.